The van der Waals surface area contributed by atoms with Crippen molar-refractivity contribution in [3.05, 3.63) is 123 Å². The molecule has 0 saturated carbocycles. The first-order valence-electron chi connectivity index (χ1n) is 18.1. The topological polar surface area (TPSA) is 111 Å². The predicted octanol–water partition coefficient (Wildman–Crippen LogP) is 8.73. The summed E-state index contributed by atoms with van der Waals surface area (Å²) < 4.78 is 41.5. The number of nitrogens with zero attached hydrogens (tertiary/aromatic N) is 2. The Kier molecular flexibility index (Phi) is 9.27. The molecule has 0 fully saturated rings. The van der Waals surface area contributed by atoms with E-state index in [0.29, 0.717) is 11.3 Å². The Hall–Kier alpha value is -4.58. The number of carbonyl (C=O) groups excluding carboxylic acids is 2. The fraction of sp³-hybridized carbons (Fsp3) is 0.405. The maximum Gasteiger partial charge on any atom is 0.265 e. The van der Waals surface area contributed by atoms with Gasteiger partial charge < -0.3 is 23.5 Å². The lowest BCUT2D eigenvalue weighted by Crippen LogP contribution is -2.65. The standard InChI is InChI=1S/C42H47FN2O7Si/c1-24-19-30(43)28-20-27-21-29-34(45(5)6)37-33(40(44-51-37)50-23-26-17-13-10-14-18-26)39(48)42(29,52-53(7,8)41(2,3)4)38(47)31(27)35(46)32(28)36(24)49-22-25-15-11-9-12-16-25/h9-19,27,29,34,47H,20-23H2,1-8H3/t27-,29-,34-,42?/m0/s1. The van der Waals surface area contributed by atoms with Crippen molar-refractivity contribution in [3.63, 3.8) is 0 Å². The van der Waals surface area contributed by atoms with Crippen LogP contribution in [-0.4, -0.2) is 54.7 Å². The largest absolute Gasteiger partial charge is 0.508 e. The SMILES string of the molecule is Cc1cc(F)c2c(c1OCc1ccccc1)C(=O)C1=C(O)C3(O[Si](C)(C)C(C)(C)C)C(=O)c4c(OCc5ccccc5)noc4[C@@H](N(C)C)[C@@H]3C[C@@H]1C2. The number of aryl methyl sites for hydroxylation is 1. The summed E-state index contributed by atoms with van der Waals surface area (Å²) >= 11 is 0. The molecule has 0 spiro atoms. The van der Waals surface area contributed by atoms with E-state index in [9.17, 15) is 9.90 Å². The average molecular weight is 739 g/mol. The summed E-state index contributed by atoms with van der Waals surface area (Å²) in [7, 11) is 0.834. The molecule has 1 N–H and O–H groups in total. The molecule has 1 heterocycles. The summed E-state index contributed by atoms with van der Waals surface area (Å²) in [6.45, 7) is 12.2. The first-order chi connectivity index (χ1) is 25.1. The summed E-state index contributed by atoms with van der Waals surface area (Å²) in [4.78, 5) is 32.3. The lowest BCUT2D eigenvalue weighted by molar-refractivity contribution is -0.0481. The van der Waals surface area contributed by atoms with Gasteiger partial charge in [-0.2, -0.15) is 0 Å². The second-order valence-electron chi connectivity index (χ2n) is 16.3. The van der Waals surface area contributed by atoms with Crippen molar-refractivity contribution in [1.29, 1.82) is 0 Å². The van der Waals surface area contributed by atoms with E-state index in [1.54, 1.807) is 6.92 Å². The zero-order valence-electron chi connectivity index (χ0n) is 31.6. The zero-order chi connectivity index (χ0) is 38.0. The molecule has 1 unspecified atom stereocenters. The van der Waals surface area contributed by atoms with E-state index in [-0.39, 0.29) is 65.0 Å². The minimum atomic E-state index is -2.90. The van der Waals surface area contributed by atoms with Crippen LogP contribution in [0.1, 0.15) is 82.0 Å². The van der Waals surface area contributed by atoms with Crippen molar-refractivity contribution in [1.82, 2.24) is 10.1 Å². The van der Waals surface area contributed by atoms with Gasteiger partial charge in [-0.05, 0) is 85.8 Å². The van der Waals surface area contributed by atoms with Crippen LogP contribution in [0.15, 0.2) is 82.6 Å². The number of halogens is 1. The first kappa shape index (κ1) is 36.8. The van der Waals surface area contributed by atoms with Crippen LogP contribution in [0.4, 0.5) is 4.39 Å². The molecule has 9 nitrogen and oxygen atoms in total. The summed E-state index contributed by atoms with van der Waals surface area (Å²) in [5, 5.41) is 16.7. The Labute approximate surface area is 310 Å². The molecule has 0 amide bonds. The monoisotopic (exact) mass is 738 g/mol. The lowest BCUT2D eigenvalue weighted by Gasteiger charge is -2.55. The van der Waals surface area contributed by atoms with Gasteiger partial charge in [0.05, 0.1) is 11.6 Å². The summed E-state index contributed by atoms with van der Waals surface area (Å²) in [5.41, 5.74) is 0.677. The van der Waals surface area contributed by atoms with Crippen LogP contribution in [0.5, 0.6) is 11.6 Å². The van der Waals surface area contributed by atoms with E-state index in [4.69, 9.17) is 18.4 Å². The third-order valence-corrected chi connectivity index (χ3v) is 16.1. The number of fused-ring (bicyclic) bond motifs is 4. The number of ketones is 2. The highest BCUT2D eigenvalue weighted by Crippen LogP contribution is 2.60. The second kappa shape index (κ2) is 13.4. The Morgan fingerprint density at radius 1 is 0.981 bits per heavy atom. The smallest absolute Gasteiger partial charge is 0.265 e. The van der Waals surface area contributed by atoms with Crippen LogP contribution < -0.4 is 9.47 Å². The van der Waals surface area contributed by atoms with Gasteiger partial charge in [0.15, 0.2) is 25.5 Å². The number of rotatable bonds is 9. The number of carbonyl (C=O) groups is 2. The van der Waals surface area contributed by atoms with E-state index in [1.807, 2.05) is 92.8 Å². The molecule has 3 aromatic carbocycles. The van der Waals surface area contributed by atoms with Crippen molar-refractivity contribution in [3.8, 4) is 11.6 Å². The Morgan fingerprint density at radius 3 is 2.17 bits per heavy atom. The molecule has 7 rings (SSSR count). The number of aliphatic hydroxyl groups is 1. The minimum absolute atomic E-state index is 0.00751. The number of hydrogen-bond acceptors (Lipinski definition) is 9. The van der Waals surface area contributed by atoms with E-state index in [0.717, 1.165) is 11.1 Å². The van der Waals surface area contributed by atoms with Crippen molar-refractivity contribution in [2.75, 3.05) is 14.1 Å². The Bertz CT molecular complexity index is 2100. The molecule has 3 aliphatic carbocycles. The van der Waals surface area contributed by atoms with Gasteiger partial charge in [0.2, 0.25) is 5.78 Å². The molecule has 0 saturated heterocycles. The minimum Gasteiger partial charge on any atom is -0.508 e. The molecule has 0 radical (unpaired) electrons. The van der Waals surface area contributed by atoms with Gasteiger partial charge in [-0.15, -0.1) is 0 Å². The molecule has 11 heteroatoms. The van der Waals surface area contributed by atoms with Crippen LogP contribution in [0.25, 0.3) is 0 Å². The van der Waals surface area contributed by atoms with Gasteiger partial charge in [0.25, 0.3) is 5.88 Å². The van der Waals surface area contributed by atoms with Crippen LogP contribution >= 0.6 is 0 Å². The number of ether oxygens (including phenoxy) is 2. The predicted molar refractivity (Wildman–Crippen MR) is 200 cm³/mol. The number of hydrogen-bond donors (Lipinski definition) is 1. The molecular formula is C42H47FN2O7Si. The van der Waals surface area contributed by atoms with E-state index < -0.39 is 54.9 Å². The normalized spacial score (nSPS) is 22.6. The zero-order valence-corrected chi connectivity index (χ0v) is 32.6. The van der Waals surface area contributed by atoms with Gasteiger partial charge >= 0.3 is 0 Å². The van der Waals surface area contributed by atoms with Crippen molar-refractivity contribution in [2.45, 2.75) is 83.5 Å². The summed E-state index contributed by atoms with van der Waals surface area (Å²) in [6, 6.07) is 19.8. The molecule has 0 aliphatic heterocycles. The fourth-order valence-corrected chi connectivity index (χ4v) is 9.46. The number of aromatic nitrogens is 1. The molecule has 4 aromatic rings. The van der Waals surface area contributed by atoms with Crippen molar-refractivity contribution >= 4 is 19.9 Å². The van der Waals surface area contributed by atoms with Crippen LogP contribution in [0.2, 0.25) is 18.1 Å². The average Bonchev–Trinajstić information content (AvgIpc) is 3.52. The van der Waals surface area contributed by atoms with Crippen LogP contribution in [0, 0.1) is 24.6 Å². The second-order valence-corrected chi connectivity index (χ2v) is 21.0. The highest BCUT2D eigenvalue weighted by molar-refractivity contribution is 6.74. The molecule has 278 valence electrons. The van der Waals surface area contributed by atoms with Gasteiger partial charge in [-0.25, -0.2) is 4.39 Å². The van der Waals surface area contributed by atoms with Gasteiger partial charge in [0.1, 0.15) is 36.1 Å². The number of aliphatic hydroxyl groups excluding tert-OH is 1. The van der Waals surface area contributed by atoms with Gasteiger partial charge in [0, 0.05) is 17.1 Å². The van der Waals surface area contributed by atoms with Crippen molar-refractivity contribution < 1.29 is 37.5 Å². The number of Topliss-reactive ketones (excluding diaryl/α,β-unsaturated/α-hetero) is 2. The fourth-order valence-electron chi connectivity index (χ4n) is 8.01. The molecule has 53 heavy (non-hydrogen) atoms. The maximum absolute atomic E-state index is 15.9. The van der Waals surface area contributed by atoms with Crippen LogP contribution in [-0.2, 0) is 24.1 Å². The third kappa shape index (κ3) is 6.02. The maximum atomic E-state index is 15.9. The summed E-state index contributed by atoms with van der Waals surface area (Å²) in [6.07, 6.45) is 0.367. The van der Waals surface area contributed by atoms with Crippen molar-refractivity contribution in [2.24, 2.45) is 11.8 Å². The van der Waals surface area contributed by atoms with E-state index in [2.05, 4.69) is 25.9 Å². The number of benzene rings is 3. The molecular weight excluding hydrogens is 692 g/mol. The first-order valence-corrected chi connectivity index (χ1v) is 21.0. The highest BCUT2D eigenvalue weighted by Gasteiger charge is 2.67. The van der Waals surface area contributed by atoms with E-state index in [1.165, 1.54) is 6.07 Å². The number of allylic oxidation sites excluding steroid dienone is 1. The van der Waals surface area contributed by atoms with Gasteiger partial charge in [-0.3, -0.25) is 14.5 Å². The van der Waals surface area contributed by atoms with Gasteiger partial charge in [-0.1, -0.05) is 81.4 Å². The van der Waals surface area contributed by atoms with E-state index >= 15 is 9.18 Å². The summed E-state index contributed by atoms with van der Waals surface area (Å²) in [5.74, 6) is -2.85. The Morgan fingerprint density at radius 2 is 1.58 bits per heavy atom. The quantitative estimate of drug-likeness (QED) is 0.169. The molecule has 1 aromatic heterocycles. The molecule has 3 aliphatic rings. The highest BCUT2D eigenvalue weighted by atomic mass is 28.4. The Balaban J connectivity index is 1.41. The van der Waals surface area contributed by atoms with Crippen LogP contribution in [0.3, 0.4) is 0 Å². The third-order valence-electron chi connectivity index (χ3n) is 11.6. The lowest BCUT2D eigenvalue weighted by atomic mass is 9.58. The molecule has 0 bridgehead atoms. The molecule has 4 atom stereocenters.